The van der Waals surface area contributed by atoms with Crippen molar-refractivity contribution >= 4 is 58.1 Å². The minimum atomic E-state index is -0.329. The summed E-state index contributed by atoms with van der Waals surface area (Å²) in [6, 6.07) is 6.42. The number of amides is 2. The van der Waals surface area contributed by atoms with Gasteiger partial charge in [0.05, 0.1) is 11.6 Å². The molecule has 0 aliphatic rings. The summed E-state index contributed by atoms with van der Waals surface area (Å²) in [6.07, 6.45) is 0. The molecule has 0 fully saturated rings. The zero-order valence-electron chi connectivity index (χ0n) is 9.38. The number of urea groups is 1. The van der Waals surface area contributed by atoms with Gasteiger partial charge in [-0.15, -0.1) is 0 Å². The fraction of sp³-hybridized carbons (Fsp3) is 0.182. The number of carbonyl (C=O) groups is 1. The summed E-state index contributed by atoms with van der Waals surface area (Å²) in [4.78, 5) is 13.1. The zero-order valence-corrected chi connectivity index (χ0v) is 12.4. The van der Waals surface area contributed by atoms with Gasteiger partial charge in [0.2, 0.25) is 0 Å². The van der Waals surface area contributed by atoms with Crippen LogP contribution in [0.4, 0.5) is 10.5 Å². The molecule has 0 aromatic heterocycles. The molecule has 3 nitrogen and oxygen atoms in total. The molecule has 2 amide bonds. The number of nitrogens with zero attached hydrogens (tertiary/aromatic N) is 1. The highest BCUT2D eigenvalue weighted by Crippen LogP contribution is 2.19. The van der Waals surface area contributed by atoms with Gasteiger partial charge in [-0.2, -0.15) is 0 Å². The molecule has 1 aromatic rings. The highest BCUT2D eigenvalue weighted by molar-refractivity contribution is 6.59. The number of nitrogens with one attached hydrogen (secondary N) is 1. The lowest BCUT2D eigenvalue weighted by Crippen LogP contribution is -2.32. The van der Waals surface area contributed by atoms with Crippen molar-refractivity contribution in [3.05, 3.63) is 38.8 Å². The Kier molecular flexibility index (Phi) is 6.09. The number of benzene rings is 1. The molecule has 18 heavy (non-hydrogen) atoms. The molecule has 7 heteroatoms. The highest BCUT2D eigenvalue weighted by Gasteiger charge is 2.11. The van der Waals surface area contributed by atoms with Crippen molar-refractivity contribution < 1.29 is 4.79 Å². The number of rotatable bonds is 3. The predicted octanol–water partition coefficient (Wildman–Crippen LogP) is 4.69. The van der Waals surface area contributed by atoms with Gasteiger partial charge >= 0.3 is 6.03 Å². The Labute approximate surface area is 125 Å². The molecule has 0 saturated heterocycles. The first-order valence-corrected chi connectivity index (χ1v) is 6.38. The molecule has 0 heterocycles. The number of hydrogen-bond donors (Lipinski definition) is 1. The molecule has 0 spiro atoms. The topological polar surface area (TPSA) is 32.3 Å². The van der Waals surface area contributed by atoms with E-state index in [-0.39, 0.29) is 22.1 Å². The Hall–Kier alpha value is -0.610. The molecule has 1 rings (SSSR count). The van der Waals surface area contributed by atoms with Crippen molar-refractivity contribution in [3.8, 4) is 0 Å². The van der Waals surface area contributed by atoms with Gasteiger partial charge in [-0.05, 0) is 24.3 Å². The molecular weight excluding hydrogens is 318 g/mol. The monoisotopic (exact) mass is 326 g/mol. The van der Waals surface area contributed by atoms with Crippen molar-refractivity contribution in [1.29, 1.82) is 0 Å². The first kappa shape index (κ1) is 15.4. The van der Waals surface area contributed by atoms with Crippen LogP contribution in [-0.4, -0.2) is 24.5 Å². The third-order valence-corrected chi connectivity index (χ3v) is 3.23. The Morgan fingerprint density at radius 2 is 1.78 bits per heavy atom. The Bertz CT molecular complexity index is 455. The molecule has 1 aromatic carbocycles. The second kappa shape index (κ2) is 7.10. The second-order valence-corrected chi connectivity index (χ2v) is 5.30. The summed E-state index contributed by atoms with van der Waals surface area (Å²) in [5.74, 6) is 0. The number of hydrogen-bond acceptors (Lipinski definition) is 1. The predicted molar refractivity (Wildman–Crippen MR) is 77.7 cm³/mol. The number of carbonyl (C=O) groups excluding carboxylic acids is 1. The van der Waals surface area contributed by atoms with E-state index < -0.39 is 0 Å². The summed E-state index contributed by atoms with van der Waals surface area (Å²) in [5, 5.41) is 3.47. The standard InChI is InChI=1S/C11H10Cl4N2O/c1-17(6-9(13)10(14)15)11(18)16-8-4-2-7(12)3-5-8/h2-5H,6H2,1H3,(H,16,18). The number of anilines is 1. The van der Waals surface area contributed by atoms with E-state index in [1.807, 2.05) is 0 Å². The zero-order chi connectivity index (χ0) is 13.7. The molecule has 0 aliphatic carbocycles. The summed E-state index contributed by atoms with van der Waals surface area (Å²) < 4.78 is -0.0530. The average molecular weight is 328 g/mol. The molecule has 0 radical (unpaired) electrons. The van der Waals surface area contributed by atoms with Crippen LogP contribution < -0.4 is 5.32 Å². The summed E-state index contributed by atoms with van der Waals surface area (Å²) in [7, 11) is 1.57. The van der Waals surface area contributed by atoms with Gasteiger partial charge in [0.15, 0.2) is 0 Å². The van der Waals surface area contributed by atoms with E-state index in [0.29, 0.717) is 10.7 Å². The molecule has 0 unspecified atom stereocenters. The molecule has 0 aliphatic heterocycles. The van der Waals surface area contributed by atoms with E-state index in [1.54, 1.807) is 31.3 Å². The van der Waals surface area contributed by atoms with E-state index >= 15 is 0 Å². The summed E-state index contributed by atoms with van der Waals surface area (Å²) in [6.45, 7) is 0.128. The van der Waals surface area contributed by atoms with E-state index in [9.17, 15) is 4.79 Å². The van der Waals surface area contributed by atoms with Crippen LogP contribution in [0.5, 0.6) is 0 Å². The smallest absolute Gasteiger partial charge is 0.321 e. The molecule has 0 bridgehead atoms. The van der Waals surface area contributed by atoms with E-state index in [0.717, 1.165) is 0 Å². The van der Waals surface area contributed by atoms with Gasteiger partial charge in [0.1, 0.15) is 4.49 Å². The summed E-state index contributed by atoms with van der Waals surface area (Å²) in [5.41, 5.74) is 0.633. The third-order valence-electron chi connectivity index (χ3n) is 2.02. The van der Waals surface area contributed by atoms with Crippen molar-refractivity contribution in [2.24, 2.45) is 0 Å². The van der Waals surface area contributed by atoms with Gasteiger partial charge in [-0.3, -0.25) is 0 Å². The maximum absolute atomic E-state index is 11.8. The molecule has 98 valence electrons. The maximum atomic E-state index is 11.8. The number of likely N-dealkylation sites (N-methyl/N-ethyl adjacent to an activating group) is 1. The van der Waals surface area contributed by atoms with Gasteiger partial charge in [0.25, 0.3) is 0 Å². The lowest BCUT2D eigenvalue weighted by atomic mass is 10.3. The molecule has 0 atom stereocenters. The SMILES string of the molecule is CN(CC(Cl)=C(Cl)Cl)C(=O)Nc1ccc(Cl)cc1. The largest absolute Gasteiger partial charge is 0.322 e. The Morgan fingerprint density at radius 3 is 2.28 bits per heavy atom. The van der Waals surface area contributed by atoms with Gasteiger partial charge in [-0.1, -0.05) is 46.4 Å². The Morgan fingerprint density at radius 1 is 1.22 bits per heavy atom. The molecular formula is C11H10Cl4N2O. The van der Waals surface area contributed by atoms with E-state index in [4.69, 9.17) is 46.4 Å². The third kappa shape index (κ3) is 4.94. The second-order valence-electron chi connectivity index (χ2n) is 3.46. The van der Waals surface area contributed by atoms with Crippen LogP contribution in [0.15, 0.2) is 33.8 Å². The van der Waals surface area contributed by atoms with Crippen LogP contribution >= 0.6 is 46.4 Å². The van der Waals surface area contributed by atoms with Gasteiger partial charge < -0.3 is 10.2 Å². The van der Waals surface area contributed by atoms with E-state index in [2.05, 4.69) is 5.32 Å². The normalized spacial score (nSPS) is 9.83. The van der Waals surface area contributed by atoms with Gasteiger partial charge in [-0.25, -0.2) is 4.79 Å². The molecule has 1 N–H and O–H groups in total. The minimum absolute atomic E-state index is 0.0530. The fourth-order valence-corrected chi connectivity index (χ4v) is 1.52. The van der Waals surface area contributed by atoms with Crippen molar-refractivity contribution in [3.63, 3.8) is 0 Å². The average Bonchev–Trinajstić information content (AvgIpc) is 2.31. The highest BCUT2D eigenvalue weighted by atomic mass is 35.5. The Balaban J connectivity index is 2.60. The van der Waals surface area contributed by atoms with Crippen molar-refractivity contribution in [1.82, 2.24) is 4.90 Å². The first-order valence-electron chi connectivity index (χ1n) is 4.87. The van der Waals surface area contributed by atoms with Crippen molar-refractivity contribution in [2.75, 3.05) is 18.9 Å². The van der Waals surface area contributed by atoms with E-state index in [1.165, 1.54) is 4.90 Å². The van der Waals surface area contributed by atoms with Crippen LogP contribution in [-0.2, 0) is 0 Å². The fourth-order valence-electron chi connectivity index (χ4n) is 1.09. The van der Waals surface area contributed by atoms with Crippen LogP contribution in [0.1, 0.15) is 0 Å². The lowest BCUT2D eigenvalue weighted by molar-refractivity contribution is 0.226. The van der Waals surface area contributed by atoms with Crippen LogP contribution in [0, 0.1) is 0 Å². The van der Waals surface area contributed by atoms with Gasteiger partial charge in [0, 0.05) is 17.8 Å². The minimum Gasteiger partial charge on any atom is -0.322 e. The lowest BCUT2D eigenvalue weighted by Gasteiger charge is -2.17. The van der Waals surface area contributed by atoms with Crippen LogP contribution in [0.3, 0.4) is 0 Å². The van der Waals surface area contributed by atoms with Crippen LogP contribution in [0.25, 0.3) is 0 Å². The maximum Gasteiger partial charge on any atom is 0.321 e. The first-order chi connectivity index (χ1) is 8.40. The number of halogens is 4. The molecule has 0 saturated carbocycles. The quantitative estimate of drug-likeness (QED) is 0.858. The van der Waals surface area contributed by atoms with Crippen molar-refractivity contribution in [2.45, 2.75) is 0 Å². The summed E-state index contributed by atoms with van der Waals surface area (Å²) >= 11 is 22.5. The van der Waals surface area contributed by atoms with Crippen LogP contribution in [0.2, 0.25) is 5.02 Å².